The van der Waals surface area contributed by atoms with Crippen LogP contribution in [0, 0.1) is 11.8 Å². The van der Waals surface area contributed by atoms with Gasteiger partial charge in [-0.15, -0.1) is 10.2 Å². The second-order valence-electron chi connectivity index (χ2n) is 10.4. The van der Waals surface area contributed by atoms with Crippen LogP contribution in [0.15, 0.2) is 29.4 Å². The first kappa shape index (κ1) is 24.5. The van der Waals surface area contributed by atoms with Crippen molar-refractivity contribution in [1.82, 2.24) is 19.7 Å². The van der Waals surface area contributed by atoms with E-state index >= 15 is 0 Å². The number of carbonyl (C=O) groups is 1. The van der Waals surface area contributed by atoms with Crippen molar-refractivity contribution < 1.29 is 9.53 Å². The molecule has 1 saturated heterocycles. The van der Waals surface area contributed by atoms with Crippen molar-refractivity contribution >= 4 is 23.4 Å². The largest absolute Gasteiger partial charge is 0.497 e. The fourth-order valence-electron chi connectivity index (χ4n) is 6.19. The van der Waals surface area contributed by atoms with Crippen LogP contribution in [0.2, 0.25) is 0 Å². The van der Waals surface area contributed by atoms with Crippen LogP contribution in [0.3, 0.4) is 0 Å². The topological polar surface area (TPSA) is 72.3 Å². The predicted molar refractivity (Wildman–Crippen MR) is 140 cm³/mol. The number of hydrogen-bond acceptors (Lipinski definition) is 6. The number of amides is 1. The Bertz CT molecular complexity index is 990. The van der Waals surface area contributed by atoms with Gasteiger partial charge in [0.25, 0.3) is 0 Å². The van der Waals surface area contributed by atoms with Crippen molar-refractivity contribution in [3.63, 3.8) is 0 Å². The molecule has 0 unspecified atom stereocenters. The lowest BCUT2D eigenvalue weighted by molar-refractivity contribution is -0.131. The third kappa shape index (κ3) is 5.96. The van der Waals surface area contributed by atoms with Gasteiger partial charge >= 0.3 is 0 Å². The van der Waals surface area contributed by atoms with Crippen LogP contribution in [0.5, 0.6) is 5.75 Å². The number of piperidine rings is 1. The van der Waals surface area contributed by atoms with Gasteiger partial charge < -0.3 is 19.5 Å². The van der Waals surface area contributed by atoms with E-state index in [9.17, 15) is 4.79 Å². The minimum Gasteiger partial charge on any atom is -0.497 e. The molecular formula is C27H39N5O2S. The summed E-state index contributed by atoms with van der Waals surface area (Å²) in [7, 11) is 1.68. The quantitative estimate of drug-likeness (QED) is 0.483. The Kier molecular flexibility index (Phi) is 8.16. The van der Waals surface area contributed by atoms with Crippen molar-refractivity contribution in [3.05, 3.63) is 30.1 Å². The number of anilines is 1. The third-order valence-electron chi connectivity index (χ3n) is 8.16. The van der Waals surface area contributed by atoms with Crippen molar-refractivity contribution in [2.24, 2.45) is 11.8 Å². The number of aromatic nitrogens is 3. The molecule has 1 aliphatic heterocycles. The van der Waals surface area contributed by atoms with E-state index in [-0.39, 0.29) is 5.91 Å². The number of carbonyl (C=O) groups excluding carboxylic acids is 1. The Morgan fingerprint density at radius 2 is 1.86 bits per heavy atom. The molecule has 8 heteroatoms. The highest BCUT2D eigenvalue weighted by molar-refractivity contribution is 7.99. The molecule has 190 valence electrons. The number of nitrogens with one attached hydrogen (secondary N) is 1. The Morgan fingerprint density at radius 1 is 1.06 bits per heavy atom. The van der Waals surface area contributed by atoms with Crippen LogP contribution in [-0.4, -0.2) is 51.5 Å². The van der Waals surface area contributed by atoms with E-state index in [2.05, 4.69) is 25.0 Å². The lowest BCUT2D eigenvalue weighted by atomic mass is 9.75. The molecule has 0 spiro atoms. The Morgan fingerprint density at radius 3 is 2.69 bits per heavy atom. The van der Waals surface area contributed by atoms with Gasteiger partial charge in [-0.3, -0.25) is 4.79 Å². The van der Waals surface area contributed by atoms with E-state index in [0.717, 1.165) is 54.3 Å². The standard InChI is InChI=1S/C27H39N5O2S/c1-34-24-13-7-10-22(16-24)28-17-25-29-30-27(32(25)23-11-3-2-4-12-23)35-19-26(33)31-15-14-20-8-5-6-9-21(20)18-31/h7,10,13,16,20-21,23,28H,2-6,8-9,11-12,14-15,17-19H2,1H3/t20-,21+/m1/s1. The maximum absolute atomic E-state index is 13.1. The summed E-state index contributed by atoms with van der Waals surface area (Å²) in [6, 6.07) is 8.36. The van der Waals surface area contributed by atoms with Gasteiger partial charge in [0.15, 0.2) is 11.0 Å². The summed E-state index contributed by atoms with van der Waals surface area (Å²) in [5, 5.41) is 13.5. The van der Waals surface area contributed by atoms with Gasteiger partial charge in [-0.25, -0.2) is 0 Å². The number of thioether (sulfide) groups is 1. The van der Waals surface area contributed by atoms with Gasteiger partial charge in [0.2, 0.25) is 5.91 Å². The van der Waals surface area contributed by atoms with Gasteiger partial charge in [-0.2, -0.15) is 0 Å². The number of methoxy groups -OCH3 is 1. The summed E-state index contributed by atoms with van der Waals surface area (Å²) in [4.78, 5) is 15.3. The molecule has 2 saturated carbocycles. The van der Waals surface area contributed by atoms with Crippen LogP contribution >= 0.6 is 11.8 Å². The smallest absolute Gasteiger partial charge is 0.233 e. The zero-order valence-electron chi connectivity index (χ0n) is 21.0. The van der Waals surface area contributed by atoms with Crippen LogP contribution in [-0.2, 0) is 11.3 Å². The zero-order valence-corrected chi connectivity index (χ0v) is 21.8. The van der Waals surface area contributed by atoms with E-state index in [0.29, 0.717) is 24.3 Å². The highest BCUT2D eigenvalue weighted by Crippen LogP contribution is 2.37. The molecule has 0 radical (unpaired) electrons. The molecule has 5 rings (SSSR count). The summed E-state index contributed by atoms with van der Waals surface area (Å²) < 4.78 is 7.67. The van der Waals surface area contributed by atoms with Crippen molar-refractivity contribution in [2.75, 3.05) is 31.3 Å². The number of rotatable bonds is 8. The molecule has 2 aliphatic carbocycles. The number of benzene rings is 1. The molecule has 3 aliphatic rings. The maximum atomic E-state index is 13.1. The van der Waals surface area contributed by atoms with Gasteiger partial charge in [-0.1, -0.05) is 56.4 Å². The van der Waals surface area contributed by atoms with Gasteiger partial charge in [0.1, 0.15) is 5.75 Å². The molecule has 2 aromatic rings. The molecule has 2 atom stereocenters. The minimum atomic E-state index is 0.258. The lowest BCUT2D eigenvalue weighted by Gasteiger charge is -2.41. The van der Waals surface area contributed by atoms with E-state index in [1.807, 2.05) is 24.3 Å². The minimum absolute atomic E-state index is 0.258. The monoisotopic (exact) mass is 497 g/mol. The van der Waals surface area contributed by atoms with Gasteiger partial charge in [0.05, 0.1) is 19.4 Å². The SMILES string of the molecule is COc1cccc(NCc2nnc(SCC(=O)N3CC[C@H]4CCCC[C@H]4C3)n2C2CCCCC2)c1. The number of fused-ring (bicyclic) bond motifs is 1. The summed E-state index contributed by atoms with van der Waals surface area (Å²) in [6.07, 6.45) is 12.6. The molecule has 1 amide bonds. The molecule has 1 aromatic carbocycles. The Balaban J connectivity index is 1.24. The summed E-state index contributed by atoms with van der Waals surface area (Å²) in [5.41, 5.74) is 0.998. The molecule has 1 aromatic heterocycles. The second-order valence-corrected chi connectivity index (χ2v) is 11.3. The van der Waals surface area contributed by atoms with Crippen LogP contribution in [0.25, 0.3) is 0 Å². The molecule has 7 nitrogen and oxygen atoms in total. The molecular weight excluding hydrogens is 458 g/mol. The van der Waals surface area contributed by atoms with E-state index in [4.69, 9.17) is 4.74 Å². The lowest BCUT2D eigenvalue weighted by Crippen LogP contribution is -2.45. The van der Waals surface area contributed by atoms with Crippen LogP contribution < -0.4 is 10.1 Å². The van der Waals surface area contributed by atoms with E-state index in [1.54, 1.807) is 18.9 Å². The number of likely N-dealkylation sites (tertiary alicyclic amines) is 1. The first-order valence-corrected chi connectivity index (χ1v) is 14.4. The average Bonchev–Trinajstić information content (AvgIpc) is 3.33. The number of ether oxygens (including phenoxy) is 1. The highest BCUT2D eigenvalue weighted by Gasteiger charge is 2.33. The Hall–Kier alpha value is -2.22. The van der Waals surface area contributed by atoms with Gasteiger partial charge in [-0.05, 0) is 49.7 Å². The van der Waals surface area contributed by atoms with Crippen LogP contribution in [0.1, 0.15) is 76.1 Å². The zero-order chi connectivity index (χ0) is 24.0. The molecule has 35 heavy (non-hydrogen) atoms. The molecule has 0 bridgehead atoms. The summed E-state index contributed by atoms with van der Waals surface area (Å²) in [5.74, 6) is 4.04. The first-order chi connectivity index (χ1) is 17.2. The second kappa shape index (κ2) is 11.7. The average molecular weight is 498 g/mol. The van der Waals surface area contributed by atoms with E-state index < -0.39 is 0 Å². The van der Waals surface area contributed by atoms with Crippen molar-refractivity contribution in [1.29, 1.82) is 0 Å². The van der Waals surface area contributed by atoms with Gasteiger partial charge in [0, 0.05) is 30.9 Å². The predicted octanol–water partition coefficient (Wildman–Crippen LogP) is 5.53. The molecule has 3 fully saturated rings. The van der Waals surface area contributed by atoms with Crippen LogP contribution in [0.4, 0.5) is 5.69 Å². The van der Waals surface area contributed by atoms with Crippen molar-refractivity contribution in [3.8, 4) is 5.75 Å². The Labute approximate surface area is 213 Å². The third-order valence-corrected chi connectivity index (χ3v) is 9.09. The first-order valence-electron chi connectivity index (χ1n) is 13.4. The summed E-state index contributed by atoms with van der Waals surface area (Å²) in [6.45, 7) is 2.47. The highest BCUT2D eigenvalue weighted by atomic mass is 32.2. The molecule has 1 N–H and O–H groups in total. The fraction of sp³-hybridized carbons (Fsp3) is 0.667. The number of hydrogen-bond donors (Lipinski definition) is 1. The number of nitrogens with zero attached hydrogens (tertiary/aromatic N) is 4. The summed E-state index contributed by atoms with van der Waals surface area (Å²) >= 11 is 1.57. The van der Waals surface area contributed by atoms with E-state index in [1.165, 1.54) is 51.4 Å². The normalized spacial score (nSPS) is 23.1. The van der Waals surface area contributed by atoms with Crippen molar-refractivity contribution in [2.45, 2.75) is 82.0 Å². The maximum Gasteiger partial charge on any atom is 0.233 e. The molecule has 2 heterocycles. The fourth-order valence-corrected chi connectivity index (χ4v) is 7.12.